The standard InChI is InChI=1S/C56H101NO5/c1-4-7-10-13-16-19-22-25-26-27-28-29-31-34-37-40-43-46-49-56(61)62-52(47-44-41-38-35-32-30-23-20-17-14-11-8-5-2)50-55(60)57-53(51-58)54(59)48-45-42-39-36-33-24-21-18-15-12-9-6-3/h8,11,14,17,20,23,30,32,35,38,52-54,58-59H,4-7,9-10,12-13,15-16,18-19,21-22,24-29,31,33-34,36-37,39-51H2,1-3H3,(H,57,60)/b11-8+,17-14+,23-20-,32-30-,38-35+. The highest BCUT2D eigenvalue weighted by Crippen LogP contribution is 2.18. The van der Waals surface area contributed by atoms with Gasteiger partial charge in [-0.3, -0.25) is 9.59 Å². The molecule has 0 aliphatic carbocycles. The van der Waals surface area contributed by atoms with E-state index in [0.717, 1.165) is 57.8 Å². The predicted molar refractivity (Wildman–Crippen MR) is 268 cm³/mol. The van der Waals surface area contributed by atoms with Gasteiger partial charge in [-0.1, -0.05) is 268 Å². The van der Waals surface area contributed by atoms with Gasteiger partial charge in [-0.15, -0.1) is 0 Å². The van der Waals surface area contributed by atoms with Gasteiger partial charge in [-0.25, -0.2) is 0 Å². The van der Waals surface area contributed by atoms with Crippen molar-refractivity contribution in [2.24, 2.45) is 0 Å². The molecular weight excluding hydrogens is 767 g/mol. The summed E-state index contributed by atoms with van der Waals surface area (Å²) in [7, 11) is 0. The van der Waals surface area contributed by atoms with Crippen LogP contribution in [0.3, 0.4) is 0 Å². The molecule has 0 saturated heterocycles. The molecule has 3 unspecified atom stereocenters. The summed E-state index contributed by atoms with van der Waals surface area (Å²) in [6.07, 6.45) is 61.5. The lowest BCUT2D eigenvalue weighted by Gasteiger charge is -2.24. The number of carbonyl (C=O) groups is 2. The molecule has 3 atom stereocenters. The predicted octanol–water partition coefficient (Wildman–Crippen LogP) is 16.0. The maximum absolute atomic E-state index is 13.2. The molecular formula is C56H101NO5. The highest BCUT2D eigenvalue weighted by molar-refractivity contribution is 5.77. The number of aliphatic hydroxyl groups excluding tert-OH is 2. The van der Waals surface area contributed by atoms with Crippen molar-refractivity contribution in [3.05, 3.63) is 60.8 Å². The highest BCUT2D eigenvalue weighted by atomic mass is 16.5. The third-order valence-corrected chi connectivity index (χ3v) is 12.0. The Hall–Kier alpha value is -2.44. The molecule has 3 N–H and O–H groups in total. The summed E-state index contributed by atoms with van der Waals surface area (Å²) in [5.74, 6) is -0.539. The summed E-state index contributed by atoms with van der Waals surface area (Å²) >= 11 is 0. The van der Waals surface area contributed by atoms with Gasteiger partial charge in [0.2, 0.25) is 5.91 Å². The van der Waals surface area contributed by atoms with E-state index >= 15 is 0 Å². The summed E-state index contributed by atoms with van der Waals surface area (Å²) < 4.78 is 5.90. The van der Waals surface area contributed by atoms with Crippen molar-refractivity contribution in [1.82, 2.24) is 5.32 Å². The van der Waals surface area contributed by atoms with E-state index in [1.165, 1.54) is 154 Å². The fraction of sp³-hybridized carbons (Fsp3) is 0.786. The quantitative estimate of drug-likeness (QED) is 0.0322. The van der Waals surface area contributed by atoms with Crippen molar-refractivity contribution >= 4 is 11.9 Å². The van der Waals surface area contributed by atoms with Crippen molar-refractivity contribution in [1.29, 1.82) is 0 Å². The minimum absolute atomic E-state index is 0.0298. The van der Waals surface area contributed by atoms with Crippen LogP contribution in [0.2, 0.25) is 0 Å². The van der Waals surface area contributed by atoms with E-state index in [4.69, 9.17) is 4.74 Å². The summed E-state index contributed by atoms with van der Waals surface area (Å²) in [5, 5.41) is 23.7. The van der Waals surface area contributed by atoms with E-state index in [9.17, 15) is 19.8 Å². The molecule has 0 aliphatic heterocycles. The van der Waals surface area contributed by atoms with E-state index in [1.54, 1.807) is 0 Å². The van der Waals surface area contributed by atoms with Crippen LogP contribution in [0.1, 0.15) is 258 Å². The van der Waals surface area contributed by atoms with Gasteiger partial charge in [0.25, 0.3) is 0 Å². The van der Waals surface area contributed by atoms with Crippen LogP contribution in [-0.4, -0.2) is 46.9 Å². The summed E-state index contributed by atoms with van der Waals surface area (Å²) in [5.41, 5.74) is 0. The number of ether oxygens (including phenoxy) is 1. The first-order valence-corrected chi connectivity index (χ1v) is 26.6. The zero-order valence-electron chi connectivity index (χ0n) is 41.0. The molecule has 0 fully saturated rings. The molecule has 0 aromatic rings. The molecule has 0 spiro atoms. The van der Waals surface area contributed by atoms with Gasteiger partial charge in [0.15, 0.2) is 0 Å². The fourth-order valence-electron chi connectivity index (χ4n) is 7.99. The molecule has 62 heavy (non-hydrogen) atoms. The van der Waals surface area contributed by atoms with Crippen molar-refractivity contribution in [2.75, 3.05) is 6.61 Å². The Balaban J connectivity index is 4.60. The minimum atomic E-state index is -0.806. The molecule has 0 aromatic heterocycles. The van der Waals surface area contributed by atoms with Crippen LogP contribution in [0.15, 0.2) is 60.8 Å². The zero-order valence-corrected chi connectivity index (χ0v) is 41.0. The maximum Gasteiger partial charge on any atom is 0.306 e. The number of hydrogen-bond donors (Lipinski definition) is 3. The normalized spacial score (nSPS) is 13.7. The first-order valence-electron chi connectivity index (χ1n) is 26.6. The van der Waals surface area contributed by atoms with Crippen LogP contribution in [0.25, 0.3) is 0 Å². The SMILES string of the molecule is CC/C=C/C=C/C=C\C=C/C=C/CCCC(CC(=O)NC(CO)C(O)CCCCCCCCCCCCCC)OC(=O)CCCCCCCCCCCCCCCCCCCC. The second-order valence-corrected chi connectivity index (χ2v) is 18.0. The van der Waals surface area contributed by atoms with Gasteiger partial charge < -0.3 is 20.3 Å². The molecule has 0 saturated carbocycles. The molecule has 1 amide bonds. The average Bonchev–Trinajstić information content (AvgIpc) is 3.26. The minimum Gasteiger partial charge on any atom is -0.462 e. The van der Waals surface area contributed by atoms with Crippen molar-refractivity contribution in [3.8, 4) is 0 Å². The van der Waals surface area contributed by atoms with Gasteiger partial charge in [0.1, 0.15) is 6.10 Å². The lowest BCUT2D eigenvalue weighted by atomic mass is 10.0. The van der Waals surface area contributed by atoms with Gasteiger partial charge in [-0.2, -0.15) is 0 Å². The van der Waals surface area contributed by atoms with Gasteiger partial charge in [-0.05, 0) is 38.5 Å². The van der Waals surface area contributed by atoms with Crippen LogP contribution in [0.5, 0.6) is 0 Å². The zero-order chi connectivity index (χ0) is 45.2. The van der Waals surface area contributed by atoms with E-state index < -0.39 is 18.2 Å². The van der Waals surface area contributed by atoms with Crippen LogP contribution in [-0.2, 0) is 14.3 Å². The summed E-state index contributed by atoms with van der Waals surface area (Å²) in [6.45, 7) is 6.33. The average molecular weight is 868 g/mol. The Bertz CT molecular complexity index is 1110. The number of hydrogen-bond acceptors (Lipinski definition) is 5. The molecule has 0 bridgehead atoms. The number of allylic oxidation sites excluding steroid dienone is 10. The highest BCUT2D eigenvalue weighted by Gasteiger charge is 2.24. The first kappa shape index (κ1) is 59.6. The van der Waals surface area contributed by atoms with Crippen LogP contribution in [0, 0.1) is 0 Å². The fourth-order valence-corrected chi connectivity index (χ4v) is 7.99. The number of nitrogens with one attached hydrogen (secondary N) is 1. The van der Waals surface area contributed by atoms with Crippen molar-refractivity contribution in [2.45, 2.75) is 277 Å². The third kappa shape index (κ3) is 44.2. The lowest BCUT2D eigenvalue weighted by Crippen LogP contribution is -2.46. The maximum atomic E-state index is 13.2. The molecule has 0 rings (SSSR count). The molecule has 0 aromatic carbocycles. The monoisotopic (exact) mass is 868 g/mol. The van der Waals surface area contributed by atoms with Crippen LogP contribution in [0.4, 0.5) is 0 Å². The molecule has 0 aliphatic rings. The Kier molecular flexibility index (Phi) is 47.6. The number of rotatable bonds is 47. The smallest absolute Gasteiger partial charge is 0.306 e. The first-order chi connectivity index (χ1) is 30.5. The summed E-state index contributed by atoms with van der Waals surface area (Å²) in [4.78, 5) is 26.1. The van der Waals surface area contributed by atoms with Gasteiger partial charge >= 0.3 is 5.97 Å². The largest absolute Gasteiger partial charge is 0.462 e. The van der Waals surface area contributed by atoms with Crippen LogP contribution < -0.4 is 5.32 Å². The molecule has 360 valence electrons. The number of esters is 1. The number of unbranched alkanes of at least 4 members (excludes halogenated alkanes) is 29. The van der Waals surface area contributed by atoms with E-state index in [1.807, 2.05) is 48.6 Å². The van der Waals surface area contributed by atoms with E-state index in [-0.39, 0.29) is 24.9 Å². The Morgan fingerprint density at radius 3 is 1.29 bits per heavy atom. The molecule has 6 heteroatoms. The summed E-state index contributed by atoms with van der Waals surface area (Å²) in [6, 6.07) is -0.724. The number of amides is 1. The van der Waals surface area contributed by atoms with Gasteiger partial charge in [0, 0.05) is 6.42 Å². The molecule has 0 radical (unpaired) electrons. The Morgan fingerprint density at radius 2 is 0.871 bits per heavy atom. The van der Waals surface area contributed by atoms with Crippen molar-refractivity contribution in [3.63, 3.8) is 0 Å². The topological polar surface area (TPSA) is 95.9 Å². The van der Waals surface area contributed by atoms with E-state index in [2.05, 4.69) is 38.2 Å². The number of carbonyl (C=O) groups excluding carboxylic acids is 2. The third-order valence-electron chi connectivity index (χ3n) is 12.0. The second-order valence-electron chi connectivity index (χ2n) is 18.0. The number of aliphatic hydroxyl groups is 2. The second kappa shape index (κ2) is 49.6. The van der Waals surface area contributed by atoms with Crippen molar-refractivity contribution < 1.29 is 24.5 Å². The Labute approximate surface area is 384 Å². The Morgan fingerprint density at radius 1 is 0.484 bits per heavy atom. The molecule has 6 nitrogen and oxygen atoms in total. The molecule has 0 heterocycles. The van der Waals surface area contributed by atoms with Gasteiger partial charge in [0.05, 0.1) is 25.2 Å². The van der Waals surface area contributed by atoms with E-state index in [0.29, 0.717) is 19.3 Å². The van der Waals surface area contributed by atoms with Crippen LogP contribution >= 0.6 is 0 Å². The lowest BCUT2D eigenvalue weighted by molar-refractivity contribution is -0.151.